The fraction of sp³-hybridized carbons (Fsp3) is 0. The average Bonchev–Trinajstić information content (AvgIpc) is 2.85. The van der Waals surface area contributed by atoms with Crippen molar-refractivity contribution in [1.82, 2.24) is 4.98 Å². The van der Waals surface area contributed by atoms with Gasteiger partial charge in [0, 0.05) is 14.5 Å². The van der Waals surface area contributed by atoms with Crippen molar-refractivity contribution in [3.05, 3.63) is 63.9 Å². The molecule has 19 heavy (non-hydrogen) atoms. The van der Waals surface area contributed by atoms with Gasteiger partial charge in [-0.05, 0) is 46.9 Å². The van der Waals surface area contributed by atoms with Gasteiger partial charge in [-0.2, -0.15) is 0 Å². The van der Waals surface area contributed by atoms with Gasteiger partial charge >= 0.3 is 0 Å². The molecule has 3 aromatic rings. The van der Waals surface area contributed by atoms with Crippen LogP contribution < -0.4 is 5.32 Å². The molecule has 1 aromatic heterocycles. The molecular weight excluding hydrogens is 351 g/mol. The Balaban J connectivity index is 1.90. The molecule has 3 nitrogen and oxygen atoms in total. The molecule has 0 radical (unpaired) electrons. The fourth-order valence-electron chi connectivity index (χ4n) is 1.95. The third kappa shape index (κ3) is 2.49. The summed E-state index contributed by atoms with van der Waals surface area (Å²) < 4.78 is 1.02. The largest absolute Gasteiger partial charge is 0.351 e. The molecule has 94 valence electrons. The second-order valence-electron chi connectivity index (χ2n) is 4.20. The van der Waals surface area contributed by atoms with Crippen LogP contribution in [0.5, 0.6) is 0 Å². The summed E-state index contributed by atoms with van der Waals surface area (Å²) in [5.74, 6) is -0.125. The number of carbonyl (C=O) groups excluding carboxylic acids is 1. The van der Waals surface area contributed by atoms with E-state index in [1.54, 1.807) is 0 Å². The van der Waals surface area contributed by atoms with Gasteiger partial charge in [0.05, 0.1) is 5.69 Å². The van der Waals surface area contributed by atoms with E-state index < -0.39 is 0 Å². The van der Waals surface area contributed by atoms with E-state index in [0.717, 1.165) is 20.2 Å². The quantitative estimate of drug-likeness (QED) is 0.665. The predicted octanol–water partition coefficient (Wildman–Crippen LogP) is 4.02. The molecule has 0 atom stereocenters. The summed E-state index contributed by atoms with van der Waals surface area (Å²) in [5.41, 5.74) is 2.36. The molecule has 0 fully saturated rings. The van der Waals surface area contributed by atoms with Crippen molar-refractivity contribution >= 4 is 45.1 Å². The zero-order chi connectivity index (χ0) is 13.2. The van der Waals surface area contributed by atoms with E-state index in [1.807, 2.05) is 54.6 Å². The first kappa shape index (κ1) is 12.2. The van der Waals surface area contributed by atoms with Crippen LogP contribution in [0.3, 0.4) is 0 Å². The molecule has 0 aliphatic heterocycles. The summed E-state index contributed by atoms with van der Waals surface area (Å²) in [6.45, 7) is 0. The molecule has 4 heteroatoms. The zero-order valence-electron chi connectivity index (χ0n) is 9.98. The van der Waals surface area contributed by atoms with Gasteiger partial charge in [0.25, 0.3) is 5.91 Å². The highest BCUT2D eigenvalue weighted by Gasteiger charge is 2.10. The zero-order valence-corrected chi connectivity index (χ0v) is 12.1. The van der Waals surface area contributed by atoms with Gasteiger partial charge in [-0.3, -0.25) is 4.79 Å². The van der Waals surface area contributed by atoms with Gasteiger partial charge in [0.1, 0.15) is 5.69 Å². The van der Waals surface area contributed by atoms with Gasteiger partial charge in [-0.1, -0.05) is 30.3 Å². The van der Waals surface area contributed by atoms with Crippen LogP contribution in [-0.2, 0) is 0 Å². The van der Waals surface area contributed by atoms with E-state index in [4.69, 9.17) is 0 Å². The smallest absolute Gasteiger partial charge is 0.272 e. The Kier molecular flexibility index (Phi) is 3.25. The summed E-state index contributed by atoms with van der Waals surface area (Å²) in [4.78, 5) is 15.3. The van der Waals surface area contributed by atoms with Crippen molar-refractivity contribution in [2.24, 2.45) is 0 Å². The second-order valence-corrected chi connectivity index (χ2v) is 5.37. The number of hydrogen-bond donors (Lipinski definition) is 2. The number of para-hydroxylation sites is 2. The molecule has 0 bridgehead atoms. The van der Waals surface area contributed by atoms with Crippen LogP contribution in [0.15, 0.2) is 54.6 Å². The topological polar surface area (TPSA) is 44.9 Å². The number of halogens is 1. The number of carbonyl (C=O) groups is 1. The van der Waals surface area contributed by atoms with Gasteiger partial charge < -0.3 is 10.3 Å². The minimum Gasteiger partial charge on any atom is -0.351 e. The lowest BCUT2D eigenvalue weighted by atomic mass is 10.2. The van der Waals surface area contributed by atoms with E-state index >= 15 is 0 Å². The number of fused-ring (bicyclic) bond motifs is 1. The average molecular weight is 362 g/mol. The minimum atomic E-state index is -0.125. The minimum absolute atomic E-state index is 0.125. The molecule has 3 rings (SSSR count). The predicted molar refractivity (Wildman–Crippen MR) is 85.4 cm³/mol. The molecule has 2 N–H and O–H groups in total. The van der Waals surface area contributed by atoms with Crippen LogP contribution in [0.4, 0.5) is 5.69 Å². The molecular formula is C15H11IN2O. The molecule has 1 heterocycles. The number of hydrogen-bond acceptors (Lipinski definition) is 1. The van der Waals surface area contributed by atoms with Crippen LogP contribution in [0.1, 0.15) is 10.5 Å². The summed E-state index contributed by atoms with van der Waals surface area (Å²) in [6.07, 6.45) is 0. The fourth-order valence-corrected chi connectivity index (χ4v) is 2.47. The van der Waals surface area contributed by atoms with Crippen LogP contribution >= 0.6 is 22.6 Å². The Morgan fingerprint density at radius 3 is 2.58 bits per heavy atom. The van der Waals surface area contributed by atoms with Crippen LogP contribution in [0.25, 0.3) is 10.9 Å². The number of benzene rings is 2. The third-order valence-electron chi connectivity index (χ3n) is 2.90. The Labute approximate surface area is 124 Å². The van der Waals surface area contributed by atoms with E-state index in [1.165, 1.54) is 0 Å². The van der Waals surface area contributed by atoms with Crippen molar-refractivity contribution in [3.63, 3.8) is 0 Å². The highest BCUT2D eigenvalue weighted by Crippen LogP contribution is 2.19. The van der Waals surface area contributed by atoms with Crippen molar-refractivity contribution in [2.75, 3.05) is 5.32 Å². The van der Waals surface area contributed by atoms with Gasteiger partial charge in [-0.15, -0.1) is 0 Å². The number of H-pyrrole nitrogens is 1. The number of rotatable bonds is 2. The molecule has 1 amide bonds. The number of aromatic amines is 1. The van der Waals surface area contributed by atoms with Crippen molar-refractivity contribution in [1.29, 1.82) is 0 Å². The monoisotopic (exact) mass is 362 g/mol. The van der Waals surface area contributed by atoms with E-state index in [9.17, 15) is 4.79 Å². The van der Waals surface area contributed by atoms with Gasteiger partial charge in [0.2, 0.25) is 0 Å². The van der Waals surface area contributed by atoms with E-state index in [0.29, 0.717) is 5.69 Å². The molecule has 0 spiro atoms. The van der Waals surface area contributed by atoms with Crippen LogP contribution in [-0.4, -0.2) is 10.9 Å². The van der Waals surface area contributed by atoms with E-state index in [2.05, 4.69) is 32.9 Å². The first-order valence-corrected chi connectivity index (χ1v) is 6.95. The Morgan fingerprint density at radius 1 is 1.05 bits per heavy atom. The van der Waals surface area contributed by atoms with Gasteiger partial charge in [-0.25, -0.2) is 0 Å². The lowest BCUT2D eigenvalue weighted by Gasteiger charge is -2.05. The van der Waals surface area contributed by atoms with Crippen molar-refractivity contribution < 1.29 is 4.79 Å². The van der Waals surface area contributed by atoms with Crippen LogP contribution in [0, 0.1) is 3.57 Å². The molecule has 0 aliphatic carbocycles. The third-order valence-corrected chi connectivity index (χ3v) is 3.84. The highest BCUT2D eigenvalue weighted by atomic mass is 127. The SMILES string of the molecule is O=C(Nc1ccccc1I)c1cc2ccccc2[nH]1. The Morgan fingerprint density at radius 2 is 1.79 bits per heavy atom. The van der Waals surface area contributed by atoms with Crippen molar-refractivity contribution in [2.45, 2.75) is 0 Å². The van der Waals surface area contributed by atoms with Crippen LogP contribution in [0.2, 0.25) is 0 Å². The molecule has 2 aromatic carbocycles. The molecule has 0 aliphatic rings. The molecule has 0 saturated heterocycles. The maximum absolute atomic E-state index is 12.2. The summed E-state index contributed by atoms with van der Waals surface area (Å²) in [6, 6.07) is 17.4. The summed E-state index contributed by atoms with van der Waals surface area (Å²) in [5, 5.41) is 3.95. The normalized spacial score (nSPS) is 10.6. The van der Waals surface area contributed by atoms with Crippen molar-refractivity contribution in [3.8, 4) is 0 Å². The maximum atomic E-state index is 12.2. The number of nitrogens with one attached hydrogen (secondary N) is 2. The summed E-state index contributed by atoms with van der Waals surface area (Å²) in [7, 11) is 0. The highest BCUT2D eigenvalue weighted by molar-refractivity contribution is 14.1. The standard InChI is InChI=1S/C15H11IN2O/c16-11-6-2-4-8-13(11)18-15(19)14-9-10-5-1-3-7-12(10)17-14/h1-9,17H,(H,18,19). The lowest BCUT2D eigenvalue weighted by molar-refractivity contribution is 0.102. The first-order chi connectivity index (χ1) is 9.24. The van der Waals surface area contributed by atoms with E-state index in [-0.39, 0.29) is 5.91 Å². The number of anilines is 1. The molecule has 0 unspecified atom stereocenters. The Hall–Kier alpha value is -1.82. The Bertz CT molecular complexity index is 715. The maximum Gasteiger partial charge on any atom is 0.272 e. The first-order valence-electron chi connectivity index (χ1n) is 5.88. The number of amides is 1. The summed E-state index contributed by atoms with van der Waals surface area (Å²) >= 11 is 2.20. The van der Waals surface area contributed by atoms with Gasteiger partial charge in [0.15, 0.2) is 0 Å². The number of aromatic nitrogens is 1. The molecule has 0 saturated carbocycles. The lowest BCUT2D eigenvalue weighted by Crippen LogP contribution is -2.12. The second kappa shape index (κ2) is 5.05.